The quantitative estimate of drug-likeness (QED) is 0.116. The number of hydrogen-bond donors (Lipinski definition) is 4. The first-order valence-electron chi connectivity index (χ1n) is 21.0. The Morgan fingerprint density at radius 1 is 0.803 bits per heavy atom. The van der Waals surface area contributed by atoms with Crippen LogP contribution in [0.5, 0.6) is 0 Å². The number of amides is 4. The Morgan fingerprint density at radius 2 is 1.48 bits per heavy atom. The second-order valence-electron chi connectivity index (χ2n) is 17.3. The monoisotopic (exact) mass is 852 g/mol. The molecule has 0 bridgehead atoms. The highest BCUT2D eigenvalue weighted by Gasteiger charge is 2.44. The number of likely N-dealkylation sites (tertiary alicyclic amines) is 1. The van der Waals surface area contributed by atoms with Gasteiger partial charge in [0.25, 0.3) is 0 Å². The lowest BCUT2D eigenvalue weighted by atomic mass is 9.90. The minimum Gasteiger partial charge on any atom is -0.453 e. The highest BCUT2D eigenvalue weighted by atomic mass is 32.3. The first-order chi connectivity index (χ1) is 29.3. The molecular formula is C45H56N8O7S. The number of imidazole rings is 2. The number of carbonyl (C=O) groups excluding carboxylic acids is 4. The molecule has 15 nitrogen and oxygen atoms in total. The Morgan fingerprint density at radius 3 is 2.20 bits per heavy atom. The maximum atomic E-state index is 14.3. The molecule has 5 heterocycles. The summed E-state index contributed by atoms with van der Waals surface area (Å²) in [4.78, 5) is 73.0. The molecule has 3 aliphatic heterocycles. The van der Waals surface area contributed by atoms with Crippen LogP contribution in [-0.2, 0) is 23.8 Å². The minimum atomic E-state index is -1.14. The maximum absolute atomic E-state index is 14.3. The van der Waals surface area contributed by atoms with E-state index in [1.807, 2.05) is 35.9 Å². The Balaban J connectivity index is 0.998. The number of rotatable bonds is 10. The number of H-pyrrole nitrogens is 2. The molecule has 5 aromatic rings. The van der Waals surface area contributed by atoms with Gasteiger partial charge in [0.05, 0.1) is 48.9 Å². The summed E-state index contributed by atoms with van der Waals surface area (Å²) in [6, 6.07) is 17.1. The van der Waals surface area contributed by atoms with E-state index < -0.39 is 34.3 Å². The van der Waals surface area contributed by atoms with Crippen LogP contribution in [0.15, 0.2) is 60.8 Å². The van der Waals surface area contributed by atoms with Crippen molar-refractivity contribution in [1.29, 1.82) is 0 Å². The fourth-order valence-corrected chi connectivity index (χ4v) is 11.4. The zero-order valence-electron chi connectivity index (χ0n) is 35.7. The lowest BCUT2D eigenvalue weighted by Crippen LogP contribution is -2.53. The van der Waals surface area contributed by atoms with E-state index in [2.05, 4.69) is 81.6 Å². The fraction of sp³-hybridized carbons (Fsp3) is 0.467. The molecule has 3 aromatic carbocycles. The molecule has 2 aromatic heterocycles. The SMILES string of the molecule is COC(=O)N[C@H](C(=O)N1CCC[C@H]1c1nc(-c2ccc3cc(-c4ccc5nc([C@@H]6CS(C)(C)CN6C(=O)[C@@H](NC(=O)OC)C6CCOCC6)[nH]c5c4)ccc3c2)c[nH]1)C(C)C. The van der Waals surface area contributed by atoms with Gasteiger partial charge in [0.15, 0.2) is 0 Å². The number of aromatic amines is 2. The van der Waals surface area contributed by atoms with Crippen molar-refractivity contribution >= 4 is 55.8 Å². The molecule has 4 atom stereocenters. The van der Waals surface area contributed by atoms with Crippen LogP contribution in [0.25, 0.3) is 44.2 Å². The summed E-state index contributed by atoms with van der Waals surface area (Å²) >= 11 is 0. The zero-order chi connectivity index (χ0) is 43.0. The Labute approximate surface area is 357 Å². The molecule has 3 saturated heterocycles. The predicted molar refractivity (Wildman–Crippen MR) is 236 cm³/mol. The fourth-order valence-electron chi connectivity index (χ4n) is 9.07. The van der Waals surface area contributed by atoms with Crippen LogP contribution in [0.2, 0.25) is 0 Å². The molecule has 0 aliphatic carbocycles. The number of alkyl carbamates (subject to hydrolysis) is 2. The molecule has 0 unspecified atom stereocenters. The van der Waals surface area contributed by atoms with E-state index in [0.717, 1.165) is 74.4 Å². The summed E-state index contributed by atoms with van der Waals surface area (Å²) in [6.45, 7) is 5.51. The van der Waals surface area contributed by atoms with Crippen LogP contribution in [0.1, 0.15) is 63.3 Å². The molecule has 0 spiro atoms. The van der Waals surface area contributed by atoms with E-state index in [1.54, 1.807) is 0 Å². The number of benzene rings is 3. The van der Waals surface area contributed by atoms with Gasteiger partial charge < -0.3 is 44.6 Å². The standard InChI is InChI=1S/C45H56N8O7S/c1-26(2)38(50-44(56)58-3)42(54)52-17-7-8-36(52)40-46-23-35(49-40)32-12-11-28-20-29(9-10-30(28)21-32)31-13-14-33-34(22-31)48-41(47-33)37-24-61(5,6)25-53(37)43(55)39(51-45(57)59-4)27-15-18-60-19-16-27/h9-14,20-23,26-27,36-39H,7-8,15-19,24-25H2,1-6H3,(H,46,49)(H,47,48)(H,50,56)(H,51,57)/t36-,37-,38-,39-/m0/s1. The average Bonchev–Trinajstić information content (AvgIpc) is 4.09. The second-order valence-corrected chi connectivity index (χ2v) is 21.4. The van der Waals surface area contributed by atoms with Crippen molar-refractivity contribution < 1.29 is 33.4 Å². The van der Waals surface area contributed by atoms with Gasteiger partial charge in [-0.3, -0.25) is 9.59 Å². The summed E-state index contributed by atoms with van der Waals surface area (Å²) in [5.41, 5.74) is 5.56. The number of fused-ring (bicyclic) bond motifs is 2. The smallest absolute Gasteiger partial charge is 0.407 e. The van der Waals surface area contributed by atoms with Crippen LogP contribution >= 0.6 is 10.0 Å². The number of carbonyl (C=O) groups is 4. The number of ether oxygens (including phenoxy) is 3. The molecule has 16 heteroatoms. The van der Waals surface area contributed by atoms with Gasteiger partial charge in [0, 0.05) is 37.3 Å². The second kappa shape index (κ2) is 17.4. The van der Waals surface area contributed by atoms with E-state index >= 15 is 0 Å². The molecule has 0 radical (unpaired) electrons. The summed E-state index contributed by atoms with van der Waals surface area (Å²) in [5, 5.41) is 7.71. The Bertz CT molecular complexity index is 2440. The van der Waals surface area contributed by atoms with E-state index in [4.69, 9.17) is 24.2 Å². The minimum absolute atomic E-state index is 0.0425. The first kappa shape index (κ1) is 42.1. The Hall–Kier alpha value is -5.61. The lowest BCUT2D eigenvalue weighted by molar-refractivity contribution is -0.136. The van der Waals surface area contributed by atoms with E-state index in [0.29, 0.717) is 38.5 Å². The van der Waals surface area contributed by atoms with E-state index in [-0.39, 0.29) is 35.7 Å². The largest absolute Gasteiger partial charge is 0.453 e. The van der Waals surface area contributed by atoms with Gasteiger partial charge in [-0.25, -0.2) is 29.6 Å². The third-order valence-corrected chi connectivity index (χ3v) is 14.5. The summed E-state index contributed by atoms with van der Waals surface area (Å²) in [5.74, 6) is 2.50. The van der Waals surface area contributed by atoms with Crippen LogP contribution in [-0.4, -0.2) is 124 Å². The highest BCUT2D eigenvalue weighted by Crippen LogP contribution is 2.52. The van der Waals surface area contributed by atoms with Gasteiger partial charge in [-0.1, -0.05) is 44.2 Å². The number of hydrogen-bond acceptors (Lipinski definition) is 9. The van der Waals surface area contributed by atoms with Crippen molar-refractivity contribution in [2.24, 2.45) is 11.8 Å². The van der Waals surface area contributed by atoms with Crippen molar-refractivity contribution in [1.82, 2.24) is 40.4 Å². The summed E-state index contributed by atoms with van der Waals surface area (Å²) in [7, 11) is 1.47. The number of aromatic nitrogens is 4. The van der Waals surface area contributed by atoms with Gasteiger partial charge in [0.2, 0.25) is 11.8 Å². The third-order valence-electron chi connectivity index (χ3n) is 12.3. The predicted octanol–water partition coefficient (Wildman–Crippen LogP) is 6.87. The molecule has 0 saturated carbocycles. The molecule has 8 rings (SSSR count). The maximum Gasteiger partial charge on any atom is 0.407 e. The van der Waals surface area contributed by atoms with Crippen molar-refractivity contribution in [3.63, 3.8) is 0 Å². The van der Waals surface area contributed by atoms with Gasteiger partial charge in [-0.05, 0) is 96.2 Å². The van der Waals surface area contributed by atoms with Crippen LogP contribution < -0.4 is 10.6 Å². The van der Waals surface area contributed by atoms with E-state index in [1.165, 1.54) is 14.2 Å². The number of methoxy groups -OCH3 is 2. The number of nitrogens with one attached hydrogen (secondary N) is 4. The molecule has 324 valence electrons. The highest BCUT2D eigenvalue weighted by molar-refractivity contribution is 8.32. The lowest BCUT2D eigenvalue weighted by Gasteiger charge is -2.34. The van der Waals surface area contributed by atoms with Crippen LogP contribution in [0.3, 0.4) is 0 Å². The van der Waals surface area contributed by atoms with Crippen molar-refractivity contribution in [3.05, 3.63) is 72.4 Å². The van der Waals surface area contributed by atoms with Crippen molar-refractivity contribution in [3.8, 4) is 22.4 Å². The van der Waals surface area contributed by atoms with Gasteiger partial charge in [-0.15, -0.1) is 0 Å². The van der Waals surface area contributed by atoms with Gasteiger partial charge in [-0.2, -0.15) is 0 Å². The summed E-state index contributed by atoms with van der Waals surface area (Å²) < 4.78 is 15.3. The topological polar surface area (TPSA) is 184 Å². The molecule has 3 aliphatic rings. The number of nitrogens with zero attached hydrogens (tertiary/aromatic N) is 4. The zero-order valence-corrected chi connectivity index (χ0v) is 36.5. The molecular weight excluding hydrogens is 797 g/mol. The average molecular weight is 853 g/mol. The normalized spacial score (nSPS) is 20.8. The third kappa shape index (κ3) is 8.78. The van der Waals surface area contributed by atoms with Crippen molar-refractivity contribution in [2.75, 3.05) is 58.1 Å². The van der Waals surface area contributed by atoms with Crippen molar-refractivity contribution in [2.45, 2.75) is 63.7 Å². The van der Waals surface area contributed by atoms with Crippen LogP contribution in [0, 0.1) is 11.8 Å². The molecule has 61 heavy (non-hydrogen) atoms. The first-order valence-corrected chi connectivity index (χ1v) is 23.8. The molecule has 3 fully saturated rings. The van der Waals surface area contributed by atoms with E-state index in [9.17, 15) is 19.2 Å². The molecule has 4 amide bonds. The molecule has 4 N–H and O–H groups in total. The van der Waals surface area contributed by atoms with Gasteiger partial charge in [0.1, 0.15) is 23.7 Å². The van der Waals surface area contributed by atoms with Crippen LogP contribution in [0.4, 0.5) is 9.59 Å². The Kier molecular flexibility index (Phi) is 12.0. The van der Waals surface area contributed by atoms with Gasteiger partial charge >= 0.3 is 12.2 Å². The summed E-state index contributed by atoms with van der Waals surface area (Å²) in [6.07, 6.45) is 8.13.